The van der Waals surface area contributed by atoms with Crippen LogP contribution < -0.4 is 4.74 Å². The molecule has 1 aromatic carbocycles. The minimum Gasteiger partial charge on any atom is -0.489 e. The van der Waals surface area contributed by atoms with Crippen LogP contribution in [0.25, 0.3) is 17.0 Å². The molecule has 1 aliphatic rings. The van der Waals surface area contributed by atoms with Crippen LogP contribution >= 0.6 is 0 Å². The second-order valence-corrected chi connectivity index (χ2v) is 3.43. The highest BCUT2D eigenvalue weighted by molar-refractivity contribution is 5.84. The number of nitrogens with zero attached hydrogens (tertiary/aromatic N) is 2. The molecule has 3 rings (SSSR count). The maximum Gasteiger partial charge on any atom is 0.127 e. The first-order valence-corrected chi connectivity index (χ1v) is 4.60. The molecule has 1 aromatic heterocycles. The molecule has 0 bridgehead atoms. The third-order valence-corrected chi connectivity index (χ3v) is 2.51. The van der Waals surface area contributed by atoms with Crippen molar-refractivity contribution in [2.24, 2.45) is 7.05 Å². The Hall–Kier alpha value is -1.77. The molecule has 14 heavy (non-hydrogen) atoms. The Balaban J connectivity index is 2.36. The summed E-state index contributed by atoms with van der Waals surface area (Å²) < 4.78 is 7.39. The Morgan fingerprint density at radius 1 is 1.43 bits per heavy atom. The lowest BCUT2D eigenvalue weighted by atomic mass is 10.1. The van der Waals surface area contributed by atoms with E-state index in [0.29, 0.717) is 6.61 Å². The predicted molar refractivity (Wildman–Crippen MR) is 55.2 cm³/mol. The van der Waals surface area contributed by atoms with Gasteiger partial charge in [0.2, 0.25) is 0 Å². The molecular weight excluding hydrogens is 176 g/mol. The van der Waals surface area contributed by atoms with Crippen molar-refractivity contribution in [2.45, 2.75) is 0 Å². The summed E-state index contributed by atoms with van der Waals surface area (Å²) in [4.78, 5) is 0. The fraction of sp³-hybridized carbons (Fsp3) is 0.182. The van der Waals surface area contributed by atoms with E-state index in [0.717, 1.165) is 22.2 Å². The van der Waals surface area contributed by atoms with Crippen LogP contribution in [-0.2, 0) is 7.05 Å². The van der Waals surface area contributed by atoms with Crippen LogP contribution in [0.5, 0.6) is 5.75 Å². The monoisotopic (exact) mass is 186 g/mol. The zero-order valence-corrected chi connectivity index (χ0v) is 7.90. The quantitative estimate of drug-likeness (QED) is 0.629. The van der Waals surface area contributed by atoms with Gasteiger partial charge in [0.15, 0.2) is 0 Å². The number of aryl methyl sites for hydroxylation is 1. The Labute approximate surface area is 81.6 Å². The lowest BCUT2D eigenvalue weighted by molar-refractivity contribution is 0.359. The van der Waals surface area contributed by atoms with Gasteiger partial charge in [0, 0.05) is 18.0 Å². The standard InChI is InChI=1S/C11H10N2O/c1-13-10-5-8-3-2-4-14-11(8)6-9(10)7-12-13/h2-3,5-7H,4H2,1H3. The summed E-state index contributed by atoms with van der Waals surface area (Å²) in [5, 5.41) is 5.33. The van der Waals surface area contributed by atoms with E-state index in [-0.39, 0.29) is 0 Å². The number of benzene rings is 1. The van der Waals surface area contributed by atoms with E-state index in [1.807, 2.05) is 30.1 Å². The third kappa shape index (κ3) is 0.954. The van der Waals surface area contributed by atoms with E-state index in [1.54, 1.807) is 0 Å². The highest BCUT2D eigenvalue weighted by Crippen LogP contribution is 2.28. The molecule has 0 amide bonds. The predicted octanol–water partition coefficient (Wildman–Crippen LogP) is 1.98. The summed E-state index contributed by atoms with van der Waals surface area (Å²) in [6, 6.07) is 4.15. The number of ether oxygens (including phenoxy) is 1. The van der Waals surface area contributed by atoms with E-state index in [9.17, 15) is 0 Å². The lowest BCUT2D eigenvalue weighted by Crippen LogP contribution is -2.00. The Morgan fingerprint density at radius 2 is 2.36 bits per heavy atom. The number of aromatic nitrogens is 2. The summed E-state index contributed by atoms with van der Waals surface area (Å²) in [6.07, 6.45) is 5.97. The molecule has 0 fully saturated rings. The van der Waals surface area contributed by atoms with Crippen LogP contribution in [0.2, 0.25) is 0 Å². The van der Waals surface area contributed by atoms with Gasteiger partial charge >= 0.3 is 0 Å². The fourth-order valence-corrected chi connectivity index (χ4v) is 1.76. The maximum absolute atomic E-state index is 5.52. The van der Waals surface area contributed by atoms with Gasteiger partial charge in [-0.05, 0) is 18.2 Å². The van der Waals surface area contributed by atoms with Gasteiger partial charge in [-0.2, -0.15) is 5.10 Å². The Morgan fingerprint density at radius 3 is 3.29 bits per heavy atom. The van der Waals surface area contributed by atoms with Crippen LogP contribution in [0.3, 0.4) is 0 Å². The van der Waals surface area contributed by atoms with Gasteiger partial charge in [-0.3, -0.25) is 4.68 Å². The summed E-state index contributed by atoms with van der Waals surface area (Å²) in [7, 11) is 1.95. The van der Waals surface area contributed by atoms with Gasteiger partial charge in [0.1, 0.15) is 12.4 Å². The molecule has 0 atom stereocenters. The number of rotatable bonds is 0. The minimum absolute atomic E-state index is 0.665. The Bertz CT molecular complexity index is 525. The summed E-state index contributed by atoms with van der Waals surface area (Å²) in [5.74, 6) is 0.952. The highest BCUT2D eigenvalue weighted by atomic mass is 16.5. The lowest BCUT2D eigenvalue weighted by Gasteiger charge is -2.12. The molecule has 0 unspecified atom stereocenters. The van der Waals surface area contributed by atoms with Crippen molar-refractivity contribution >= 4 is 17.0 Å². The molecule has 3 heteroatoms. The van der Waals surface area contributed by atoms with Crippen molar-refractivity contribution in [2.75, 3.05) is 6.61 Å². The average Bonchev–Trinajstić information content (AvgIpc) is 2.57. The Kier molecular flexibility index (Phi) is 1.42. The molecule has 1 aliphatic heterocycles. The summed E-state index contributed by atoms with van der Waals surface area (Å²) >= 11 is 0. The first kappa shape index (κ1) is 7.62. The van der Waals surface area contributed by atoms with Gasteiger partial charge in [-0.15, -0.1) is 0 Å². The zero-order chi connectivity index (χ0) is 9.54. The van der Waals surface area contributed by atoms with Crippen LogP contribution in [0.4, 0.5) is 0 Å². The number of hydrogen-bond acceptors (Lipinski definition) is 2. The van der Waals surface area contributed by atoms with Gasteiger partial charge in [0.25, 0.3) is 0 Å². The van der Waals surface area contributed by atoms with Gasteiger partial charge in [0.05, 0.1) is 11.7 Å². The molecule has 0 saturated heterocycles. The maximum atomic E-state index is 5.52. The molecule has 0 N–H and O–H groups in total. The molecule has 70 valence electrons. The molecule has 0 aliphatic carbocycles. The van der Waals surface area contributed by atoms with Gasteiger partial charge < -0.3 is 4.74 Å². The third-order valence-electron chi connectivity index (χ3n) is 2.51. The first-order valence-electron chi connectivity index (χ1n) is 4.60. The van der Waals surface area contributed by atoms with Crippen LogP contribution in [-0.4, -0.2) is 16.4 Å². The molecule has 2 aromatic rings. The molecule has 0 radical (unpaired) electrons. The zero-order valence-electron chi connectivity index (χ0n) is 7.90. The number of fused-ring (bicyclic) bond motifs is 2. The summed E-state index contributed by atoms with van der Waals surface area (Å²) in [5.41, 5.74) is 2.27. The fourth-order valence-electron chi connectivity index (χ4n) is 1.76. The van der Waals surface area contributed by atoms with E-state index >= 15 is 0 Å². The van der Waals surface area contributed by atoms with Crippen LogP contribution in [0.1, 0.15) is 5.56 Å². The molecule has 0 saturated carbocycles. The molecular formula is C11H10N2O. The molecule has 3 nitrogen and oxygen atoms in total. The molecule has 0 spiro atoms. The van der Waals surface area contributed by atoms with Gasteiger partial charge in [-0.1, -0.05) is 6.08 Å². The van der Waals surface area contributed by atoms with Crippen molar-refractivity contribution in [1.29, 1.82) is 0 Å². The van der Waals surface area contributed by atoms with Gasteiger partial charge in [-0.25, -0.2) is 0 Å². The van der Waals surface area contributed by atoms with Crippen molar-refractivity contribution in [1.82, 2.24) is 9.78 Å². The second kappa shape index (κ2) is 2.61. The largest absolute Gasteiger partial charge is 0.489 e. The molecule has 2 heterocycles. The average molecular weight is 186 g/mol. The normalized spacial score (nSPS) is 14.1. The van der Waals surface area contributed by atoms with Crippen molar-refractivity contribution < 1.29 is 4.74 Å². The topological polar surface area (TPSA) is 27.1 Å². The first-order chi connectivity index (χ1) is 6.84. The van der Waals surface area contributed by atoms with E-state index in [4.69, 9.17) is 4.74 Å². The summed E-state index contributed by atoms with van der Waals surface area (Å²) in [6.45, 7) is 0.665. The highest BCUT2D eigenvalue weighted by Gasteiger charge is 2.09. The van der Waals surface area contributed by atoms with E-state index in [1.165, 1.54) is 0 Å². The minimum atomic E-state index is 0.665. The van der Waals surface area contributed by atoms with Crippen molar-refractivity contribution in [3.05, 3.63) is 30.0 Å². The van der Waals surface area contributed by atoms with Crippen LogP contribution in [0, 0.1) is 0 Å². The smallest absolute Gasteiger partial charge is 0.127 e. The number of hydrogen-bond donors (Lipinski definition) is 0. The van der Waals surface area contributed by atoms with Crippen molar-refractivity contribution in [3.8, 4) is 5.75 Å². The second-order valence-electron chi connectivity index (χ2n) is 3.43. The SMILES string of the molecule is Cn1ncc2cc3c(cc21)C=CCO3. The van der Waals surface area contributed by atoms with Crippen LogP contribution in [0.15, 0.2) is 24.4 Å². The van der Waals surface area contributed by atoms with E-state index < -0.39 is 0 Å². The van der Waals surface area contributed by atoms with E-state index in [2.05, 4.69) is 17.2 Å². The van der Waals surface area contributed by atoms with Crippen molar-refractivity contribution in [3.63, 3.8) is 0 Å².